The number of hydrogen-bond acceptors (Lipinski definition) is 6. The Labute approximate surface area is 131 Å². The van der Waals surface area contributed by atoms with E-state index < -0.39 is 5.60 Å². The zero-order chi connectivity index (χ0) is 16.2. The number of carbonyl (C=O) groups is 1. The Morgan fingerprint density at radius 2 is 2.00 bits per heavy atom. The van der Waals surface area contributed by atoms with Gasteiger partial charge in [0.05, 0.1) is 12.1 Å². The van der Waals surface area contributed by atoms with Crippen molar-refractivity contribution in [2.24, 2.45) is 0 Å². The Morgan fingerprint density at radius 3 is 2.50 bits per heavy atom. The second-order valence-corrected chi connectivity index (χ2v) is 6.37. The van der Waals surface area contributed by atoms with Crippen LogP contribution >= 0.6 is 0 Å². The molecule has 1 fully saturated rings. The fraction of sp³-hybridized carbons (Fsp3) is 0.562. The molecule has 1 aliphatic rings. The van der Waals surface area contributed by atoms with Gasteiger partial charge >= 0.3 is 5.97 Å². The minimum absolute atomic E-state index is 0.183. The van der Waals surface area contributed by atoms with E-state index in [-0.39, 0.29) is 5.97 Å². The molecule has 0 spiro atoms. The molecular weight excluding hydrogens is 280 g/mol. The number of anilines is 1. The Kier molecular flexibility index (Phi) is 4.99. The lowest BCUT2D eigenvalue weighted by Gasteiger charge is -2.35. The fourth-order valence-electron chi connectivity index (χ4n) is 2.33. The van der Waals surface area contributed by atoms with Crippen molar-refractivity contribution in [3.05, 3.63) is 23.9 Å². The largest absolute Gasteiger partial charge is 0.459 e. The third kappa shape index (κ3) is 4.71. The summed E-state index contributed by atoms with van der Waals surface area (Å²) in [5.74, 6) is 0.688. The first kappa shape index (κ1) is 16.2. The summed E-state index contributed by atoms with van der Waals surface area (Å²) in [5, 5.41) is 8.78. The van der Waals surface area contributed by atoms with E-state index in [0.717, 1.165) is 32.0 Å². The van der Waals surface area contributed by atoms with Gasteiger partial charge in [-0.1, -0.05) is 0 Å². The molecule has 0 radical (unpaired) electrons. The van der Waals surface area contributed by atoms with Gasteiger partial charge in [-0.2, -0.15) is 5.26 Å². The first-order chi connectivity index (χ1) is 10.4. The van der Waals surface area contributed by atoms with Gasteiger partial charge in [-0.15, -0.1) is 0 Å². The zero-order valence-electron chi connectivity index (χ0n) is 13.4. The van der Waals surface area contributed by atoms with E-state index in [4.69, 9.17) is 10.00 Å². The Balaban J connectivity index is 1.82. The van der Waals surface area contributed by atoms with Crippen LogP contribution in [0.25, 0.3) is 0 Å². The highest BCUT2D eigenvalue weighted by molar-refractivity contribution is 5.72. The molecule has 0 atom stereocenters. The molecule has 0 aromatic carbocycles. The maximum atomic E-state index is 11.8. The van der Waals surface area contributed by atoms with Crippen LogP contribution < -0.4 is 4.90 Å². The number of piperazine rings is 1. The van der Waals surface area contributed by atoms with Crippen molar-refractivity contribution in [2.45, 2.75) is 26.4 Å². The van der Waals surface area contributed by atoms with E-state index in [2.05, 4.69) is 20.9 Å². The lowest BCUT2D eigenvalue weighted by Crippen LogP contribution is -2.48. The van der Waals surface area contributed by atoms with E-state index in [1.54, 1.807) is 12.3 Å². The van der Waals surface area contributed by atoms with Gasteiger partial charge < -0.3 is 9.64 Å². The van der Waals surface area contributed by atoms with Crippen molar-refractivity contribution < 1.29 is 9.53 Å². The number of pyridine rings is 1. The van der Waals surface area contributed by atoms with Crippen LogP contribution in [-0.2, 0) is 9.53 Å². The van der Waals surface area contributed by atoms with Gasteiger partial charge in [0.25, 0.3) is 0 Å². The van der Waals surface area contributed by atoms with Crippen molar-refractivity contribution in [1.29, 1.82) is 5.26 Å². The van der Waals surface area contributed by atoms with E-state index >= 15 is 0 Å². The summed E-state index contributed by atoms with van der Waals surface area (Å²) in [6.07, 6.45) is 1.59. The lowest BCUT2D eigenvalue weighted by atomic mass is 10.2. The van der Waals surface area contributed by atoms with E-state index in [0.29, 0.717) is 12.1 Å². The SMILES string of the molecule is CC(C)(C)OC(=O)CN1CCN(c2ccc(C#N)cn2)CC1. The number of nitrogens with zero attached hydrogens (tertiary/aromatic N) is 4. The maximum Gasteiger partial charge on any atom is 0.320 e. The summed E-state index contributed by atoms with van der Waals surface area (Å²) in [7, 11) is 0. The van der Waals surface area contributed by atoms with Crippen molar-refractivity contribution in [3.8, 4) is 6.07 Å². The molecule has 0 aliphatic carbocycles. The van der Waals surface area contributed by atoms with Gasteiger partial charge in [-0.3, -0.25) is 9.69 Å². The summed E-state index contributed by atoms with van der Waals surface area (Å²) in [6.45, 7) is 9.15. The van der Waals surface area contributed by atoms with E-state index in [1.165, 1.54) is 0 Å². The van der Waals surface area contributed by atoms with Crippen LogP contribution in [0.15, 0.2) is 18.3 Å². The van der Waals surface area contributed by atoms with Crippen molar-refractivity contribution >= 4 is 11.8 Å². The highest BCUT2D eigenvalue weighted by Crippen LogP contribution is 2.14. The molecular formula is C16H22N4O2. The number of nitriles is 1. The molecule has 2 rings (SSSR count). The smallest absolute Gasteiger partial charge is 0.320 e. The van der Waals surface area contributed by atoms with Crippen LogP contribution in [0, 0.1) is 11.3 Å². The van der Waals surface area contributed by atoms with Crippen LogP contribution in [0.3, 0.4) is 0 Å². The van der Waals surface area contributed by atoms with Crippen LogP contribution in [0.1, 0.15) is 26.3 Å². The molecule has 0 saturated carbocycles. The highest BCUT2D eigenvalue weighted by Gasteiger charge is 2.22. The van der Waals surface area contributed by atoms with Gasteiger partial charge in [-0.05, 0) is 32.9 Å². The van der Waals surface area contributed by atoms with Crippen LogP contribution in [0.4, 0.5) is 5.82 Å². The van der Waals surface area contributed by atoms with Gasteiger partial charge in [0.15, 0.2) is 0 Å². The number of hydrogen-bond donors (Lipinski definition) is 0. The normalized spacial score (nSPS) is 16.2. The Morgan fingerprint density at radius 1 is 1.32 bits per heavy atom. The number of carbonyl (C=O) groups excluding carboxylic acids is 1. The standard InChI is InChI=1S/C16H22N4O2/c1-16(2,3)22-15(21)12-19-6-8-20(9-7-19)14-5-4-13(10-17)11-18-14/h4-5,11H,6-9,12H2,1-3H3. The minimum Gasteiger partial charge on any atom is -0.459 e. The first-order valence-electron chi connectivity index (χ1n) is 7.43. The molecule has 0 N–H and O–H groups in total. The van der Waals surface area contributed by atoms with Crippen molar-refractivity contribution in [2.75, 3.05) is 37.6 Å². The molecule has 118 valence electrons. The molecule has 1 aromatic rings. The molecule has 2 heterocycles. The molecule has 6 nitrogen and oxygen atoms in total. The van der Waals surface area contributed by atoms with Gasteiger partial charge in [-0.25, -0.2) is 4.98 Å². The molecule has 0 unspecified atom stereocenters. The average Bonchev–Trinajstić information content (AvgIpc) is 2.46. The Hall–Kier alpha value is -2.13. The maximum absolute atomic E-state index is 11.8. The molecule has 1 saturated heterocycles. The average molecular weight is 302 g/mol. The fourth-order valence-corrected chi connectivity index (χ4v) is 2.33. The number of rotatable bonds is 3. The van der Waals surface area contributed by atoms with Crippen LogP contribution in [0.2, 0.25) is 0 Å². The van der Waals surface area contributed by atoms with Gasteiger partial charge in [0, 0.05) is 32.4 Å². The van der Waals surface area contributed by atoms with Crippen LogP contribution in [-0.4, -0.2) is 54.2 Å². The Bertz CT molecular complexity index is 549. The third-order valence-electron chi connectivity index (χ3n) is 3.35. The summed E-state index contributed by atoms with van der Waals surface area (Å²) < 4.78 is 5.34. The predicted molar refractivity (Wildman–Crippen MR) is 83.5 cm³/mol. The number of aromatic nitrogens is 1. The lowest BCUT2D eigenvalue weighted by molar-refractivity contribution is -0.156. The molecule has 22 heavy (non-hydrogen) atoms. The molecule has 1 aromatic heterocycles. The van der Waals surface area contributed by atoms with E-state index in [1.807, 2.05) is 26.8 Å². The molecule has 0 amide bonds. The van der Waals surface area contributed by atoms with E-state index in [9.17, 15) is 4.79 Å². The highest BCUT2D eigenvalue weighted by atomic mass is 16.6. The number of esters is 1. The molecule has 1 aliphatic heterocycles. The summed E-state index contributed by atoms with van der Waals surface area (Å²) in [6, 6.07) is 5.70. The topological polar surface area (TPSA) is 69.5 Å². The quantitative estimate of drug-likeness (QED) is 0.787. The number of ether oxygens (including phenoxy) is 1. The summed E-state index contributed by atoms with van der Waals surface area (Å²) in [4.78, 5) is 20.4. The van der Waals surface area contributed by atoms with Gasteiger partial charge in [0.2, 0.25) is 0 Å². The predicted octanol–water partition coefficient (Wildman–Crippen LogP) is 1.42. The molecule has 6 heteroatoms. The third-order valence-corrected chi connectivity index (χ3v) is 3.35. The molecule has 0 bridgehead atoms. The summed E-state index contributed by atoms with van der Waals surface area (Å²) >= 11 is 0. The summed E-state index contributed by atoms with van der Waals surface area (Å²) in [5.41, 5.74) is 0.123. The second kappa shape index (κ2) is 6.75. The second-order valence-electron chi connectivity index (χ2n) is 6.37. The van der Waals surface area contributed by atoms with Crippen molar-refractivity contribution in [1.82, 2.24) is 9.88 Å². The van der Waals surface area contributed by atoms with Crippen LogP contribution in [0.5, 0.6) is 0 Å². The zero-order valence-corrected chi connectivity index (χ0v) is 13.4. The minimum atomic E-state index is -0.439. The van der Waals surface area contributed by atoms with Crippen molar-refractivity contribution in [3.63, 3.8) is 0 Å². The monoisotopic (exact) mass is 302 g/mol. The first-order valence-corrected chi connectivity index (χ1v) is 7.43. The van der Waals surface area contributed by atoms with Gasteiger partial charge in [0.1, 0.15) is 17.5 Å².